The maximum Gasteiger partial charge on any atom is 0.573 e. The molecule has 1 aromatic carbocycles. The number of hydrogen-bond acceptors (Lipinski definition) is 3. The Morgan fingerprint density at radius 1 is 1.05 bits per heavy atom. The highest BCUT2D eigenvalue weighted by atomic mass is 35.7. The van der Waals surface area contributed by atoms with Crippen LogP contribution in [0.2, 0.25) is 0 Å². The van der Waals surface area contributed by atoms with Crippen molar-refractivity contribution in [3.05, 3.63) is 23.8 Å². The number of benzene rings is 1. The van der Waals surface area contributed by atoms with E-state index in [0.717, 1.165) is 0 Å². The average molecular weight is 329 g/mol. The summed E-state index contributed by atoms with van der Waals surface area (Å²) in [5, 5.41) is 0. The molecule has 11 heteroatoms. The van der Waals surface area contributed by atoms with Crippen molar-refractivity contribution in [1.82, 2.24) is 0 Å². The van der Waals surface area contributed by atoms with Gasteiger partial charge in [-0.25, -0.2) is 8.42 Å². The molecule has 0 spiro atoms. The third-order valence-electron chi connectivity index (χ3n) is 1.76. The molecule has 0 fully saturated rings. The molecule has 0 radical (unpaired) electrons. The predicted octanol–water partition coefficient (Wildman–Crippen LogP) is 3.53. The van der Waals surface area contributed by atoms with Gasteiger partial charge in [0, 0.05) is 10.7 Å². The Morgan fingerprint density at radius 3 is 1.95 bits per heavy atom. The predicted molar refractivity (Wildman–Crippen MR) is 51.2 cm³/mol. The van der Waals surface area contributed by atoms with Gasteiger partial charge in [0.25, 0.3) is 9.05 Å². The molecule has 19 heavy (non-hydrogen) atoms. The first-order valence-electron chi connectivity index (χ1n) is 4.23. The smallest absolute Gasteiger partial charge is 0.404 e. The van der Waals surface area contributed by atoms with E-state index in [2.05, 4.69) is 4.74 Å². The van der Waals surface area contributed by atoms with Crippen LogP contribution in [0.4, 0.5) is 26.3 Å². The number of halogens is 7. The van der Waals surface area contributed by atoms with Gasteiger partial charge in [-0.05, 0) is 12.1 Å². The minimum absolute atomic E-state index is 0.243. The minimum atomic E-state index is -5.50. The zero-order valence-electron chi connectivity index (χ0n) is 8.51. The molecule has 0 bridgehead atoms. The monoisotopic (exact) mass is 328 g/mol. The summed E-state index contributed by atoms with van der Waals surface area (Å²) in [4.78, 5) is -1.42. The third kappa shape index (κ3) is 4.16. The van der Waals surface area contributed by atoms with Crippen LogP contribution in [0.25, 0.3) is 0 Å². The van der Waals surface area contributed by atoms with E-state index in [1.165, 1.54) is 0 Å². The van der Waals surface area contributed by atoms with E-state index < -0.39 is 37.8 Å². The Hall–Kier alpha value is -1.16. The fraction of sp³-hybridized carbons (Fsp3) is 0.250. The quantitative estimate of drug-likeness (QED) is 0.616. The van der Waals surface area contributed by atoms with E-state index in [0.29, 0.717) is 12.1 Å². The summed E-state index contributed by atoms with van der Waals surface area (Å²) in [6, 6.07) is 1.31. The fourth-order valence-corrected chi connectivity index (χ4v) is 2.13. The maximum absolute atomic E-state index is 12.5. The molecule has 0 unspecified atom stereocenters. The van der Waals surface area contributed by atoms with Crippen LogP contribution in [-0.2, 0) is 15.2 Å². The zero-order chi connectivity index (χ0) is 15.1. The lowest BCUT2D eigenvalue weighted by Gasteiger charge is -2.17. The van der Waals surface area contributed by atoms with Crippen LogP contribution in [0, 0.1) is 0 Å². The number of alkyl halides is 6. The SMILES string of the molecule is O=S(=O)(Cl)c1cccc(C(F)(F)F)c1OC(F)(F)F. The van der Waals surface area contributed by atoms with Gasteiger partial charge in [-0.1, -0.05) is 6.07 Å². The van der Waals surface area contributed by atoms with Crippen molar-refractivity contribution in [2.45, 2.75) is 17.4 Å². The molecule has 0 aliphatic heterocycles. The molecule has 0 heterocycles. The molecule has 1 rings (SSSR count). The normalized spacial score (nSPS) is 13.4. The number of rotatable bonds is 2. The molecule has 0 aliphatic carbocycles. The van der Waals surface area contributed by atoms with Gasteiger partial charge in [-0.15, -0.1) is 13.2 Å². The van der Waals surface area contributed by atoms with Crippen LogP contribution in [0.1, 0.15) is 5.56 Å². The number of ether oxygens (including phenoxy) is 1. The fourth-order valence-electron chi connectivity index (χ4n) is 1.15. The van der Waals surface area contributed by atoms with Crippen LogP contribution >= 0.6 is 10.7 Å². The molecule has 108 valence electrons. The molecule has 0 amide bonds. The molecule has 0 N–H and O–H groups in total. The van der Waals surface area contributed by atoms with Gasteiger partial charge in [-0.3, -0.25) is 0 Å². The van der Waals surface area contributed by atoms with E-state index in [4.69, 9.17) is 10.7 Å². The topological polar surface area (TPSA) is 43.4 Å². The Bertz CT molecular complexity index is 577. The van der Waals surface area contributed by atoms with Gasteiger partial charge in [-0.2, -0.15) is 13.2 Å². The van der Waals surface area contributed by atoms with Crippen molar-refractivity contribution in [2.75, 3.05) is 0 Å². The molecule has 0 aromatic heterocycles. The van der Waals surface area contributed by atoms with Crippen LogP contribution in [0.3, 0.4) is 0 Å². The number of para-hydroxylation sites is 1. The van der Waals surface area contributed by atoms with Crippen molar-refractivity contribution in [2.24, 2.45) is 0 Å². The van der Waals surface area contributed by atoms with Crippen molar-refractivity contribution in [3.63, 3.8) is 0 Å². The molecular weight excluding hydrogens is 326 g/mol. The van der Waals surface area contributed by atoms with E-state index >= 15 is 0 Å². The van der Waals surface area contributed by atoms with Crippen LogP contribution in [0.15, 0.2) is 23.1 Å². The van der Waals surface area contributed by atoms with Crippen LogP contribution in [-0.4, -0.2) is 14.8 Å². The highest BCUT2D eigenvalue weighted by molar-refractivity contribution is 8.13. The molecular formula is C8H3ClF6O3S. The largest absolute Gasteiger partial charge is 0.573 e. The lowest BCUT2D eigenvalue weighted by atomic mass is 10.2. The molecule has 3 nitrogen and oxygen atoms in total. The Labute approximate surface area is 107 Å². The molecule has 1 aromatic rings. The van der Waals surface area contributed by atoms with Crippen molar-refractivity contribution < 1.29 is 39.5 Å². The Balaban J connectivity index is 3.60. The molecule has 0 saturated heterocycles. The summed E-state index contributed by atoms with van der Waals surface area (Å²) in [7, 11) is -0.0693. The van der Waals surface area contributed by atoms with Gasteiger partial charge in [0.15, 0.2) is 5.75 Å². The van der Waals surface area contributed by atoms with Gasteiger partial charge in [0.1, 0.15) is 4.90 Å². The lowest BCUT2D eigenvalue weighted by molar-refractivity contribution is -0.277. The second kappa shape index (κ2) is 4.75. The van der Waals surface area contributed by atoms with Crippen molar-refractivity contribution in [1.29, 1.82) is 0 Å². The first-order chi connectivity index (χ1) is 8.32. The molecule has 0 atom stereocenters. The standard InChI is InChI=1S/C8H3ClF6O3S/c9-19(16,17)5-3-1-2-4(7(10,11)12)6(5)18-8(13,14)15/h1-3H. The number of hydrogen-bond donors (Lipinski definition) is 0. The van der Waals surface area contributed by atoms with Crippen LogP contribution < -0.4 is 4.74 Å². The molecule has 0 aliphatic rings. The van der Waals surface area contributed by atoms with Crippen molar-refractivity contribution in [3.8, 4) is 5.75 Å². The summed E-state index contributed by atoms with van der Waals surface area (Å²) in [6.45, 7) is 0. The van der Waals surface area contributed by atoms with Crippen molar-refractivity contribution >= 4 is 19.7 Å². The second-order valence-electron chi connectivity index (χ2n) is 3.12. The van der Waals surface area contributed by atoms with E-state index in [-0.39, 0.29) is 6.07 Å². The third-order valence-corrected chi connectivity index (χ3v) is 3.11. The second-order valence-corrected chi connectivity index (χ2v) is 5.65. The van der Waals surface area contributed by atoms with E-state index in [1.807, 2.05) is 0 Å². The van der Waals surface area contributed by atoms with E-state index in [1.54, 1.807) is 0 Å². The van der Waals surface area contributed by atoms with Gasteiger partial charge < -0.3 is 4.74 Å². The zero-order valence-corrected chi connectivity index (χ0v) is 10.1. The summed E-state index contributed by atoms with van der Waals surface area (Å²) in [5.41, 5.74) is -1.90. The van der Waals surface area contributed by atoms with Gasteiger partial charge >= 0.3 is 12.5 Å². The van der Waals surface area contributed by atoms with Crippen LogP contribution in [0.5, 0.6) is 5.75 Å². The summed E-state index contributed by atoms with van der Waals surface area (Å²) in [5.74, 6) is -1.91. The highest BCUT2D eigenvalue weighted by Gasteiger charge is 2.42. The average Bonchev–Trinajstić information content (AvgIpc) is 2.11. The Kier molecular flexibility index (Phi) is 3.97. The Morgan fingerprint density at radius 2 is 1.58 bits per heavy atom. The summed E-state index contributed by atoms with van der Waals surface area (Å²) >= 11 is 0. The highest BCUT2D eigenvalue weighted by Crippen LogP contribution is 2.42. The first kappa shape index (κ1) is 15.9. The lowest BCUT2D eigenvalue weighted by Crippen LogP contribution is -2.21. The summed E-state index contributed by atoms with van der Waals surface area (Å²) < 4.78 is 98.7. The minimum Gasteiger partial charge on any atom is -0.404 e. The summed E-state index contributed by atoms with van der Waals surface area (Å²) in [6.07, 6.45) is -10.7. The first-order valence-corrected chi connectivity index (χ1v) is 6.54. The molecule has 0 saturated carbocycles. The maximum atomic E-state index is 12.5. The van der Waals surface area contributed by atoms with E-state index in [9.17, 15) is 34.8 Å². The van der Waals surface area contributed by atoms with Gasteiger partial charge in [0.05, 0.1) is 5.56 Å². The van der Waals surface area contributed by atoms with Gasteiger partial charge in [0.2, 0.25) is 0 Å².